The molecule has 6 heteroatoms. The lowest BCUT2D eigenvalue weighted by Crippen LogP contribution is -2.22. The molecule has 0 aliphatic carbocycles. The highest BCUT2D eigenvalue weighted by Crippen LogP contribution is 2.12. The van der Waals surface area contributed by atoms with Crippen molar-refractivity contribution in [1.29, 1.82) is 0 Å². The van der Waals surface area contributed by atoms with Crippen molar-refractivity contribution in [3.8, 4) is 0 Å². The topological polar surface area (TPSA) is 90.2 Å². The van der Waals surface area contributed by atoms with Gasteiger partial charge in [0.05, 0.1) is 13.2 Å². The zero-order chi connectivity index (χ0) is 10.2. The summed E-state index contributed by atoms with van der Waals surface area (Å²) in [6, 6.07) is 0. The fourth-order valence-corrected chi connectivity index (χ4v) is 0.436. The molecule has 0 saturated carbocycles. The molecule has 12 heavy (non-hydrogen) atoms. The van der Waals surface area contributed by atoms with Gasteiger partial charge in [0.25, 0.3) is 0 Å². The zero-order valence-electron chi connectivity index (χ0n) is 7.56. The summed E-state index contributed by atoms with van der Waals surface area (Å²) in [4.78, 5) is 21.7. The van der Waals surface area contributed by atoms with Crippen molar-refractivity contribution in [2.24, 2.45) is 5.41 Å². The molecule has 0 heterocycles. The number of ether oxygens (including phenoxy) is 1. The number of hydrogen-bond donors (Lipinski definition) is 4. The van der Waals surface area contributed by atoms with E-state index < -0.39 is 8.60 Å². The fraction of sp³-hybridized carbons (Fsp3) is 1.00. The number of rotatable bonds is 3. The normalized spacial score (nSPS) is 11.0. The average Bonchev–Trinajstić information content (AvgIpc) is 1.86. The molecule has 5 nitrogen and oxygen atoms in total. The molecule has 0 rings (SSSR count). The minimum absolute atomic E-state index is 0.0747. The van der Waals surface area contributed by atoms with Crippen LogP contribution in [0.5, 0.6) is 0 Å². The highest BCUT2D eigenvalue weighted by Gasteiger charge is 2.14. The summed E-state index contributed by atoms with van der Waals surface area (Å²) in [6.45, 7) is 4.71. The maximum Gasteiger partial charge on any atom is 0.324 e. The summed E-state index contributed by atoms with van der Waals surface area (Å²) in [5.74, 6) is 0. The van der Waals surface area contributed by atoms with Gasteiger partial charge in [0.2, 0.25) is 0 Å². The zero-order valence-corrected chi connectivity index (χ0v) is 8.45. The lowest BCUT2D eigenvalue weighted by atomic mass is 9.97. The predicted octanol–water partition coefficient (Wildman–Crippen LogP) is -0.158. The van der Waals surface area contributed by atoms with Gasteiger partial charge in [0.15, 0.2) is 0 Å². The Balaban J connectivity index is 0. The van der Waals surface area contributed by atoms with Crippen LogP contribution in [-0.4, -0.2) is 40.1 Å². The van der Waals surface area contributed by atoms with Crippen LogP contribution < -0.4 is 0 Å². The summed E-state index contributed by atoms with van der Waals surface area (Å²) < 4.78 is 4.84. The van der Waals surface area contributed by atoms with E-state index in [2.05, 4.69) is 0 Å². The maximum absolute atomic E-state index is 8.65. The Morgan fingerprint density at radius 2 is 1.58 bits per heavy atom. The standard InChI is InChI=1S/C6H14O2.H3O3P/c1-6(2,4-7)5-8-3;1-4(2)3/h7H,4-5H2,1-3H3;1-3H. The molecule has 0 aromatic rings. The van der Waals surface area contributed by atoms with E-state index in [1.165, 1.54) is 0 Å². The van der Waals surface area contributed by atoms with Crippen LogP contribution in [0.1, 0.15) is 13.8 Å². The van der Waals surface area contributed by atoms with E-state index in [-0.39, 0.29) is 12.0 Å². The minimum Gasteiger partial charge on any atom is -0.396 e. The SMILES string of the molecule is COCC(C)(C)CO.OP(O)O. The summed E-state index contributed by atoms with van der Waals surface area (Å²) >= 11 is 0. The molecule has 0 atom stereocenters. The van der Waals surface area contributed by atoms with Gasteiger partial charge in [-0.2, -0.15) is 0 Å². The molecule has 0 saturated heterocycles. The Hall–Kier alpha value is 0.230. The van der Waals surface area contributed by atoms with Crippen LogP contribution in [0.15, 0.2) is 0 Å². The molecule has 0 aromatic carbocycles. The molecule has 0 aliphatic heterocycles. The van der Waals surface area contributed by atoms with Gasteiger partial charge in [0.1, 0.15) is 0 Å². The third kappa shape index (κ3) is 16.7. The van der Waals surface area contributed by atoms with Crippen LogP contribution in [-0.2, 0) is 4.74 Å². The first-order valence-corrected chi connectivity index (χ1v) is 4.52. The quantitative estimate of drug-likeness (QED) is 0.475. The number of aliphatic hydroxyl groups is 1. The Morgan fingerprint density at radius 1 is 1.25 bits per heavy atom. The molecular formula is C6H17O5P. The lowest BCUT2D eigenvalue weighted by Gasteiger charge is -2.19. The van der Waals surface area contributed by atoms with Gasteiger partial charge in [-0.05, 0) is 0 Å². The Morgan fingerprint density at radius 3 is 1.67 bits per heavy atom. The molecule has 76 valence electrons. The van der Waals surface area contributed by atoms with Crippen molar-refractivity contribution in [2.75, 3.05) is 20.3 Å². The molecule has 4 N–H and O–H groups in total. The first-order chi connectivity index (χ1) is 5.35. The second-order valence-electron chi connectivity index (χ2n) is 3.02. The van der Waals surface area contributed by atoms with Crippen molar-refractivity contribution in [3.05, 3.63) is 0 Å². The number of aliphatic hydroxyl groups excluding tert-OH is 1. The fourth-order valence-electron chi connectivity index (χ4n) is 0.436. The van der Waals surface area contributed by atoms with Crippen LogP contribution in [0.3, 0.4) is 0 Å². The van der Waals surface area contributed by atoms with Crippen molar-refractivity contribution in [2.45, 2.75) is 13.8 Å². The van der Waals surface area contributed by atoms with E-state index in [0.29, 0.717) is 6.61 Å². The first-order valence-electron chi connectivity index (χ1n) is 3.32. The Labute approximate surface area is 73.6 Å². The van der Waals surface area contributed by atoms with Gasteiger partial charge in [-0.25, -0.2) is 0 Å². The van der Waals surface area contributed by atoms with Crippen LogP contribution in [0.2, 0.25) is 0 Å². The van der Waals surface area contributed by atoms with Gasteiger partial charge < -0.3 is 24.5 Å². The molecular weight excluding hydrogens is 183 g/mol. The summed E-state index contributed by atoms with van der Waals surface area (Å²) in [5.41, 5.74) is -0.0747. The highest BCUT2D eigenvalue weighted by atomic mass is 31.2. The van der Waals surface area contributed by atoms with E-state index in [1.54, 1.807) is 7.11 Å². The molecule has 0 unspecified atom stereocenters. The lowest BCUT2D eigenvalue weighted by molar-refractivity contribution is 0.0556. The molecule has 0 aromatic heterocycles. The summed E-state index contributed by atoms with van der Waals surface area (Å²) in [6.07, 6.45) is 0. The summed E-state index contributed by atoms with van der Waals surface area (Å²) in [5, 5.41) is 8.65. The highest BCUT2D eigenvalue weighted by molar-refractivity contribution is 7.38. The molecule has 0 fully saturated rings. The third-order valence-electron chi connectivity index (χ3n) is 0.963. The van der Waals surface area contributed by atoms with Gasteiger partial charge in [0, 0.05) is 12.5 Å². The average molecular weight is 200 g/mol. The molecule has 0 amide bonds. The molecule has 0 spiro atoms. The smallest absolute Gasteiger partial charge is 0.324 e. The predicted molar refractivity (Wildman–Crippen MR) is 46.3 cm³/mol. The van der Waals surface area contributed by atoms with Crippen molar-refractivity contribution in [3.63, 3.8) is 0 Å². The second kappa shape index (κ2) is 7.86. The van der Waals surface area contributed by atoms with E-state index >= 15 is 0 Å². The Bertz CT molecular complexity index is 93.2. The molecule has 0 radical (unpaired) electrons. The van der Waals surface area contributed by atoms with E-state index in [4.69, 9.17) is 24.5 Å². The number of methoxy groups -OCH3 is 1. The largest absolute Gasteiger partial charge is 0.396 e. The summed E-state index contributed by atoms with van der Waals surface area (Å²) in [7, 11) is -0.984. The van der Waals surface area contributed by atoms with E-state index in [9.17, 15) is 0 Å². The van der Waals surface area contributed by atoms with Crippen LogP contribution in [0.25, 0.3) is 0 Å². The van der Waals surface area contributed by atoms with Gasteiger partial charge in [-0.1, -0.05) is 13.8 Å². The van der Waals surface area contributed by atoms with Crippen molar-refractivity contribution in [1.82, 2.24) is 0 Å². The second-order valence-corrected chi connectivity index (χ2v) is 3.56. The minimum atomic E-state index is -2.62. The Kier molecular flexibility index (Phi) is 9.65. The van der Waals surface area contributed by atoms with Crippen LogP contribution in [0, 0.1) is 5.41 Å². The molecule has 0 bridgehead atoms. The van der Waals surface area contributed by atoms with E-state index in [0.717, 1.165) is 0 Å². The van der Waals surface area contributed by atoms with E-state index in [1.807, 2.05) is 13.8 Å². The van der Waals surface area contributed by atoms with Crippen molar-refractivity contribution >= 4 is 8.60 Å². The van der Waals surface area contributed by atoms with Crippen LogP contribution >= 0.6 is 8.60 Å². The van der Waals surface area contributed by atoms with Gasteiger partial charge >= 0.3 is 8.60 Å². The van der Waals surface area contributed by atoms with Crippen molar-refractivity contribution < 1.29 is 24.5 Å². The third-order valence-corrected chi connectivity index (χ3v) is 0.963. The molecule has 0 aliphatic rings. The van der Waals surface area contributed by atoms with Crippen LogP contribution in [0.4, 0.5) is 0 Å². The maximum atomic E-state index is 8.65. The number of hydrogen-bond acceptors (Lipinski definition) is 5. The first kappa shape index (κ1) is 14.7. The monoisotopic (exact) mass is 200 g/mol. The van der Waals surface area contributed by atoms with Gasteiger partial charge in [-0.3, -0.25) is 0 Å². The van der Waals surface area contributed by atoms with Gasteiger partial charge in [-0.15, -0.1) is 0 Å².